The van der Waals surface area contributed by atoms with Gasteiger partial charge in [-0.1, -0.05) is 138 Å². The summed E-state index contributed by atoms with van der Waals surface area (Å²) in [7, 11) is 6.33. The highest BCUT2D eigenvalue weighted by Gasteiger charge is 2.44. The van der Waals surface area contributed by atoms with E-state index in [0.29, 0.717) is 56.4 Å². The summed E-state index contributed by atoms with van der Waals surface area (Å²) in [6.45, 7) is 23.7. The molecule has 0 aliphatic carbocycles. The molecule has 0 saturated carbocycles. The van der Waals surface area contributed by atoms with Crippen LogP contribution in [0.15, 0.2) is 54.6 Å². The Morgan fingerprint density at radius 3 is 1.97 bits per heavy atom. The molecule has 486 valence electrons. The van der Waals surface area contributed by atoms with Crippen LogP contribution in [0.4, 0.5) is 10.5 Å². The van der Waals surface area contributed by atoms with E-state index >= 15 is 0 Å². The molecule has 3 N–H and O–H groups in total. The van der Waals surface area contributed by atoms with Gasteiger partial charge >= 0.3 is 6.09 Å². The van der Waals surface area contributed by atoms with Gasteiger partial charge < -0.3 is 39.3 Å². The topological polar surface area (TPSA) is 239 Å². The number of methoxy groups -OCH3 is 2. The minimum absolute atomic E-state index is 0.0300. The van der Waals surface area contributed by atoms with E-state index in [1.807, 2.05) is 113 Å². The number of amides is 5. The van der Waals surface area contributed by atoms with Crippen molar-refractivity contribution in [1.82, 2.24) is 24.9 Å². The highest BCUT2D eigenvalue weighted by atomic mass is 16.6. The number of aliphatic hydroxyl groups is 1. The Morgan fingerprint density at radius 1 is 0.747 bits per heavy atom. The van der Waals surface area contributed by atoms with Crippen molar-refractivity contribution < 1.29 is 62.5 Å². The Labute approximate surface area is 519 Å². The van der Waals surface area contributed by atoms with E-state index in [1.54, 1.807) is 48.2 Å². The number of ketones is 4. The van der Waals surface area contributed by atoms with Gasteiger partial charge in [-0.3, -0.25) is 48.6 Å². The fourth-order valence-corrected chi connectivity index (χ4v) is 12.6. The number of imide groups is 1. The van der Waals surface area contributed by atoms with Crippen LogP contribution in [0.5, 0.6) is 0 Å². The smallest absolute Gasteiger partial charge is 0.410 e. The lowest BCUT2D eigenvalue weighted by Gasteiger charge is -2.41. The van der Waals surface area contributed by atoms with Gasteiger partial charge in [0.05, 0.1) is 55.6 Å². The Hall–Kier alpha value is -5.89. The van der Waals surface area contributed by atoms with E-state index < -0.39 is 65.9 Å². The van der Waals surface area contributed by atoms with E-state index in [-0.39, 0.29) is 128 Å². The average Bonchev–Trinajstić information content (AvgIpc) is 2.58. The maximum absolute atomic E-state index is 14.8. The number of carbonyl (C=O) groups excluding carboxylic acids is 9. The SMILES string of the molecule is CC[C@H](C)[C@@H]([C@@H](CC(=O)N1CCC[C@H]1[C@H](OC)[C@@H](C)C(=O)C[C@H](C)[C@@H](O)c1ccccc1)OC)N(C)C(=O)[C@@H](CC(=O)[C@H](C(C)C)N(C)C(=O)OCc1ccc(NCN[C@H](C(=O)C(=O)CCCCCN2C(=O)CC(C(C)C)C2=O)C(C)C)cc1)C(C)C. The summed E-state index contributed by atoms with van der Waals surface area (Å²) in [5.41, 5.74) is 2.15. The summed E-state index contributed by atoms with van der Waals surface area (Å²) in [5, 5.41) is 17.4. The van der Waals surface area contributed by atoms with Gasteiger partial charge in [0, 0.05) is 90.5 Å². The van der Waals surface area contributed by atoms with Crippen LogP contribution in [0.25, 0.3) is 0 Å². The van der Waals surface area contributed by atoms with Gasteiger partial charge in [-0.15, -0.1) is 0 Å². The van der Waals surface area contributed by atoms with E-state index in [0.717, 1.165) is 12.0 Å². The zero-order chi connectivity index (χ0) is 65.0. The number of likely N-dealkylation sites (tertiary alicyclic amines) is 2. The van der Waals surface area contributed by atoms with Gasteiger partial charge in [-0.25, -0.2) is 4.79 Å². The number of unbranched alkanes of at least 4 members (excludes halogenated alkanes) is 2. The predicted octanol–water partition coefficient (Wildman–Crippen LogP) is 9.47. The highest BCUT2D eigenvalue weighted by molar-refractivity contribution is 6.39. The van der Waals surface area contributed by atoms with Crippen LogP contribution in [0, 0.1) is 53.3 Å². The van der Waals surface area contributed by atoms with Crippen LogP contribution >= 0.6 is 0 Å². The van der Waals surface area contributed by atoms with Crippen molar-refractivity contribution in [3.8, 4) is 0 Å². The van der Waals surface area contributed by atoms with Gasteiger partial charge in [0.25, 0.3) is 0 Å². The lowest BCUT2D eigenvalue weighted by Crippen LogP contribution is -2.54. The Balaban J connectivity index is 1.31. The lowest BCUT2D eigenvalue weighted by molar-refractivity contribution is -0.149. The first-order valence-electron chi connectivity index (χ1n) is 31.9. The van der Waals surface area contributed by atoms with Crippen molar-refractivity contribution in [2.24, 2.45) is 53.3 Å². The third-order valence-electron chi connectivity index (χ3n) is 18.3. The van der Waals surface area contributed by atoms with Gasteiger partial charge in [-0.05, 0) is 84.5 Å². The molecule has 19 heteroatoms. The molecule has 2 fully saturated rings. The second-order valence-corrected chi connectivity index (χ2v) is 26.0. The zero-order valence-electron chi connectivity index (χ0n) is 55.2. The molecule has 2 aliphatic rings. The number of rotatable bonds is 38. The molecule has 0 spiro atoms. The van der Waals surface area contributed by atoms with E-state index in [4.69, 9.17) is 14.2 Å². The van der Waals surface area contributed by atoms with Crippen LogP contribution in [0.1, 0.15) is 171 Å². The Bertz CT molecular complexity index is 2580. The van der Waals surface area contributed by atoms with Crippen molar-refractivity contribution >= 4 is 58.5 Å². The van der Waals surface area contributed by atoms with Gasteiger partial charge in [0.1, 0.15) is 12.4 Å². The minimum atomic E-state index is -0.905. The standard InChI is InChI=1S/C68H106N6O13/c1-17-45(10)62(57(85-15)38-59(79)73-34-24-27-53(73)65(86-16)47(12)55(76)35-46(11)63(80)49-25-20-18-21-26-49)71(13)66(82)51(41(2)3)36-56(77)61(44(8)9)72(14)68(84)87-39-48-29-31-50(32-30-48)69-40-70-60(43(6)7)64(81)54(75)28-22-19-23-33-74-58(78)37-52(42(4)5)67(74)83/h18,20-21,25-26,29-32,41-47,51-53,57,60-63,65,69-70,80H,17,19,22-24,27-28,33-40H2,1-16H3/t45-,46-,47-,51-,52?,53-,57+,60-,61-,62-,63+,65+/m0/s1. The van der Waals surface area contributed by atoms with Crippen molar-refractivity contribution in [1.29, 1.82) is 0 Å². The molecule has 4 rings (SSSR count). The Kier molecular flexibility index (Phi) is 29.9. The van der Waals surface area contributed by atoms with E-state index in [1.165, 1.54) is 24.0 Å². The van der Waals surface area contributed by atoms with Crippen molar-refractivity contribution in [3.63, 3.8) is 0 Å². The van der Waals surface area contributed by atoms with Crippen LogP contribution in [0.3, 0.4) is 0 Å². The third kappa shape index (κ3) is 20.3. The van der Waals surface area contributed by atoms with Crippen molar-refractivity contribution in [2.75, 3.05) is 53.4 Å². The summed E-state index contributed by atoms with van der Waals surface area (Å²) in [6, 6.07) is 13.9. The fourth-order valence-electron chi connectivity index (χ4n) is 12.6. The summed E-state index contributed by atoms with van der Waals surface area (Å²) in [5.74, 6) is -4.71. The number of benzene rings is 2. The molecule has 5 amide bonds. The summed E-state index contributed by atoms with van der Waals surface area (Å²) < 4.78 is 17.9. The monoisotopic (exact) mass is 1210 g/mol. The quantitative estimate of drug-likeness (QED) is 0.0246. The van der Waals surface area contributed by atoms with Crippen LogP contribution < -0.4 is 10.6 Å². The molecule has 2 aromatic rings. The molecular formula is C68H106N6O13. The van der Waals surface area contributed by atoms with Gasteiger partial charge in [0.2, 0.25) is 29.4 Å². The molecule has 2 aromatic carbocycles. The predicted molar refractivity (Wildman–Crippen MR) is 336 cm³/mol. The van der Waals surface area contributed by atoms with Crippen LogP contribution in [-0.4, -0.2) is 162 Å². The second kappa shape index (κ2) is 35.3. The number of Topliss-reactive ketones (excluding diaryl/α,β-unsaturated/α-hetero) is 4. The number of hydrogen-bond acceptors (Lipinski definition) is 15. The molecule has 12 atom stereocenters. The van der Waals surface area contributed by atoms with Crippen LogP contribution in [0.2, 0.25) is 0 Å². The number of carbonyl (C=O) groups is 9. The first kappa shape index (κ1) is 73.6. The van der Waals surface area contributed by atoms with E-state index in [2.05, 4.69) is 10.6 Å². The molecule has 2 heterocycles. The van der Waals surface area contributed by atoms with Gasteiger partial charge in [-0.2, -0.15) is 0 Å². The van der Waals surface area contributed by atoms with Gasteiger partial charge in [0.15, 0.2) is 11.6 Å². The van der Waals surface area contributed by atoms with Crippen molar-refractivity contribution in [2.45, 2.75) is 203 Å². The average molecular weight is 1220 g/mol. The molecule has 0 radical (unpaired) electrons. The van der Waals surface area contributed by atoms with Crippen molar-refractivity contribution in [3.05, 3.63) is 65.7 Å². The Morgan fingerprint density at radius 2 is 1.40 bits per heavy atom. The van der Waals surface area contributed by atoms with E-state index in [9.17, 15) is 48.3 Å². The van der Waals surface area contributed by atoms with Crippen LogP contribution in [-0.2, 0) is 59.2 Å². The molecule has 0 bridgehead atoms. The fraction of sp³-hybridized carbons (Fsp3) is 0.691. The lowest BCUT2D eigenvalue weighted by atomic mass is 9.83. The third-order valence-corrected chi connectivity index (χ3v) is 18.3. The summed E-state index contributed by atoms with van der Waals surface area (Å²) in [6.07, 6.45) is 1.20. The minimum Gasteiger partial charge on any atom is -0.445 e. The summed E-state index contributed by atoms with van der Waals surface area (Å²) >= 11 is 0. The molecular weight excluding hydrogens is 1110 g/mol. The number of nitrogens with one attached hydrogen (secondary N) is 2. The second-order valence-electron chi connectivity index (χ2n) is 26.0. The number of aliphatic hydroxyl groups excluding tert-OH is 1. The summed E-state index contributed by atoms with van der Waals surface area (Å²) in [4.78, 5) is 128. The largest absolute Gasteiger partial charge is 0.445 e. The number of ether oxygens (including phenoxy) is 3. The highest BCUT2D eigenvalue weighted by Crippen LogP contribution is 2.34. The molecule has 0 aromatic heterocycles. The number of nitrogens with zero attached hydrogens (tertiary/aromatic N) is 4. The normalized spacial score (nSPS) is 18.9. The number of likely N-dealkylation sites (N-methyl/N-ethyl adjacent to an activating group) is 2. The zero-order valence-corrected chi connectivity index (χ0v) is 55.2. The molecule has 1 unspecified atom stereocenters. The number of anilines is 1. The molecule has 2 aliphatic heterocycles. The molecule has 2 saturated heterocycles. The first-order valence-corrected chi connectivity index (χ1v) is 31.9. The molecule has 87 heavy (non-hydrogen) atoms. The molecule has 19 nitrogen and oxygen atoms in total. The number of hydrogen-bond donors (Lipinski definition) is 3. The first-order chi connectivity index (χ1) is 41.1. The maximum Gasteiger partial charge on any atom is 0.410 e. The maximum atomic E-state index is 14.8.